The van der Waals surface area contributed by atoms with Crippen molar-refractivity contribution < 1.29 is 28.9 Å². The molecule has 41 heavy (non-hydrogen) atoms. The van der Waals surface area contributed by atoms with Crippen LogP contribution in [0.2, 0.25) is 0 Å². The minimum Gasteiger partial charge on any atom is -0.489 e. The largest absolute Gasteiger partial charge is 0.489 e. The lowest BCUT2D eigenvalue weighted by atomic mass is 9.74. The molecule has 2 aliphatic carbocycles. The number of benzene rings is 1. The topological polar surface area (TPSA) is 171 Å². The molecule has 5 unspecified atom stereocenters. The van der Waals surface area contributed by atoms with Crippen LogP contribution in [0.1, 0.15) is 92.8 Å². The summed E-state index contributed by atoms with van der Waals surface area (Å²) in [5.74, 6) is 1.80. The van der Waals surface area contributed by atoms with E-state index in [1.54, 1.807) is 21.6 Å². The Balaban J connectivity index is 1.63. The van der Waals surface area contributed by atoms with Crippen LogP contribution in [-0.4, -0.2) is 52.1 Å². The number of hydrogen-bond donors (Lipinski definition) is 4. The predicted molar refractivity (Wildman–Crippen MR) is 160 cm³/mol. The van der Waals surface area contributed by atoms with Crippen molar-refractivity contribution in [3.63, 3.8) is 0 Å². The first-order valence-corrected chi connectivity index (χ1v) is 16.9. The zero-order valence-electron chi connectivity index (χ0n) is 23.1. The number of aliphatic hydroxyl groups is 2. The predicted octanol–water partition coefficient (Wildman–Crippen LogP) is 3.60. The molecule has 12 heteroatoms. The van der Waals surface area contributed by atoms with E-state index in [4.69, 9.17) is 25.4 Å². The summed E-state index contributed by atoms with van der Waals surface area (Å²) in [6.07, 6.45) is 4.88. The van der Waals surface area contributed by atoms with Crippen molar-refractivity contribution in [2.24, 2.45) is 16.5 Å². The summed E-state index contributed by atoms with van der Waals surface area (Å²) in [5.41, 5.74) is 11.8. The van der Waals surface area contributed by atoms with Crippen LogP contribution in [0.5, 0.6) is 11.5 Å². The Morgan fingerprint density at radius 1 is 1.22 bits per heavy atom. The van der Waals surface area contributed by atoms with Crippen molar-refractivity contribution >= 4 is 44.8 Å². The second-order valence-corrected chi connectivity index (χ2v) is 14.3. The lowest BCUT2D eigenvalue weighted by Gasteiger charge is -2.37. The molecule has 2 fully saturated rings. The van der Waals surface area contributed by atoms with Gasteiger partial charge in [0.2, 0.25) is 0 Å². The molecule has 1 aromatic heterocycles. The van der Waals surface area contributed by atoms with Crippen molar-refractivity contribution in [1.82, 2.24) is 0 Å². The number of hydrogen-bond acceptors (Lipinski definition) is 10. The number of guanidine groups is 1. The molecule has 5 atom stereocenters. The maximum Gasteiger partial charge on any atom is 0.200 e. The molecule has 6 rings (SSSR count). The number of carbonyl (C=O) groups is 1. The highest BCUT2D eigenvalue weighted by molar-refractivity contribution is 8.76. The molecule has 2 aliphatic heterocycles. The number of fused-ring (bicyclic) bond motifs is 5. The molecule has 2 saturated carbocycles. The molecule has 10 nitrogen and oxygen atoms in total. The summed E-state index contributed by atoms with van der Waals surface area (Å²) < 4.78 is 19.8. The molecular formula is C29H37N3O7S2. The normalized spacial score (nSPS) is 29.8. The fourth-order valence-electron chi connectivity index (χ4n) is 6.95. The number of rotatable bonds is 5. The molecule has 6 N–H and O–H groups in total. The van der Waals surface area contributed by atoms with Crippen molar-refractivity contribution in [3.8, 4) is 11.5 Å². The van der Waals surface area contributed by atoms with Crippen LogP contribution in [0.15, 0.2) is 14.2 Å². The minimum absolute atomic E-state index is 0.0396. The zero-order chi connectivity index (χ0) is 28.9. The van der Waals surface area contributed by atoms with Gasteiger partial charge in [-0.25, -0.2) is 4.99 Å². The average Bonchev–Trinajstić information content (AvgIpc) is 3.56. The van der Waals surface area contributed by atoms with Gasteiger partial charge in [0.25, 0.3) is 0 Å². The van der Waals surface area contributed by atoms with E-state index < -0.39 is 23.9 Å². The zero-order valence-corrected chi connectivity index (χ0v) is 24.7. The summed E-state index contributed by atoms with van der Waals surface area (Å²) in [5, 5.41) is 23.0. The molecule has 1 aromatic carbocycles. The van der Waals surface area contributed by atoms with E-state index in [0.717, 1.165) is 44.1 Å². The fraction of sp³-hybridized carbons (Fsp3) is 0.621. The molecule has 4 aliphatic rings. The van der Waals surface area contributed by atoms with Crippen LogP contribution < -0.4 is 26.4 Å². The Morgan fingerprint density at radius 2 is 2.00 bits per heavy atom. The number of nitrogens with zero attached hydrogens (tertiary/aromatic N) is 1. The Kier molecular flexibility index (Phi) is 7.94. The lowest BCUT2D eigenvalue weighted by molar-refractivity contribution is -0.107. The van der Waals surface area contributed by atoms with Crippen LogP contribution in [0.25, 0.3) is 11.0 Å². The number of aliphatic hydroxyl groups excluding tert-OH is 1. The Bertz CT molecular complexity index is 1430. The van der Waals surface area contributed by atoms with Crippen LogP contribution in [0.3, 0.4) is 0 Å². The second-order valence-electron chi connectivity index (χ2n) is 11.8. The molecule has 2 aromatic rings. The Morgan fingerprint density at radius 3 is 2.73 bits per heavy atom. The first kappa shape index (κ1) is 28.7. The highest BCUT2D eigenvalue weighted by atomic mass is 33.1. The number of aldehydes is 1. The van der Waals surface area contributed by atoms with Crippen molar-refractivity contribution in [3.05, 3.63) is 32.7 Å². The third-order valence-corrected chi connectivity index (χ3v) is 11.2. The molecule has 0 radical (unpaired) electrons. The van der Waals surface area contributed by atoms with Gasteiger partial charge in [-0.2, -0.15) is 0 Å². The summed E-state index contributed by atoms with van der Waals surface area (Å²) in [4.78, 5) is 30.5. The van der Waals surface area contributed by atoms with E-state index in [9.17, 15) is 19.8 Å². The smallest absolute Gasteiger partial charge is 0.200 e. The van der Waals surface area contributed by atoms with Crippen molar-refractivity contribution in [2.45, 2.75) is 106 Å². The number of aliphatic imine (C=N–C) groups is 1. The van der Waals surface area contributed by atoms with Gasteiger partial charge in [0.1, 0.15) is 46.7 Å². The van der Waals surface area contributed by atoms with Crippen LogP contribution in [-0.2, 0) is 17.0 Å². The molecular weight excluding hydrogens is 566 g/mol. The monoisotopic (exact) mass is 603 g/mol. The fourth-order valence-corrected chi connectivity index (χ4v) is 9.24. The van der Waals surface area contributed by atoms with Gasteiger partial charge in [-0.05, 0) is 51.9 Å². The minimum atomic E-state index is -1.22. The van der Waals surface area contributed by atoms with Gasteiger partial charge in [0.05, 0.1) is 17.7 Å². The van der Waals surface area contributed by atoms with Gasteiger partial charge in [0.15, 0.2) is 11.4 Å². The maximum atomic E-state index is 14.4. The van der Waals surface area contributed by atoms with E-state index in [2.05, 4.69) is 4.99 Å². The summed E-state index contributed by atoms with van der Waals surface area (Å²) in [6.45, 7) is 1.81. The summed E-state index contributed by atoms with van der Waals surface area (Å²) >= 11 is 0. The van der Waals surface area contributed by atoms with E-state index in [1.165, 1.54) is 0 Å². The standard InChI is InChI=1S/C29H37N3O7S2/c1-29(36)9-4-7-16-20-24(39-27(16)29)18-13-41-40-12-14(32-28(30)31)11-19(34)23-17(8-10-33)22(35)21(25(18)38-23)26(20)37-15-5-2-3-6-15/h10,14-16,19,27,34,36H,2-9,11-13H2,1H3,(H4,30,31,32). The molecule has 0 amide bonds. The van der Waals surface area contributed by atoms with Crippen molar-refractivity contribution in [2.75, 3.05) is 5.75 Å². The van der Waals surface area contributed by atoms with Gasteiger partial charge in [-0.3, -0.25) is 4.79 Å². The highest BCUT2D eigenvalue weighted by Gasteiger charge is 2.51. The number of nitrogens with two attached hydrogens (primary N) is 2. The van der Waals surface area contributed by atoms with Crippen LogP contribution in [0.4, 0.5) is 0 Å². The second kappa shape index (κ2) is 11.3. The molecule has 2 bridgehead atoms. The first-order valence-electron chi connectivity index (χ1n) is 14.4. The molecule has 0 saturated heterocycles. The van der Waals surface area contributed by atoms with E-state index in [-0.39, 0.29) is 47.6 Å². The Hall–Kier alpha value is -2.41. The van der Waals surface area contributed by atoms with Crippen LogP contribution >= 0.6 is 21.6 Å². The third-order valence-electron chi connectivity index (χ3n) is 8.85. The Labute approximate surface area is 246 Å². The molecule has 3 heterocycles. The SMILES string of the molecule is CC1(O)CCCC2c3c(c4c5oc(c(CC=O)c(=O)c5c3OC3CCCC3)C(O)CC(N=C(N)N)CSSC4)OC21. The highest BCUT2D eigenvalue weighted by Crippen LogP contribution is 2.57. The third kappa shape index (κ3) is 5.21. The van der Waals surface area contributed by atoms with Crippen LogP contribution in [0, 0.1) is 0 Å². The number of ether oxygens (including phenoxy) is 2. The molecule has 0 spiro atoms. The van der Waals surface area contributed by atoms with Gasteiger partial charge in [-0.1, -0.05) is 21.6 Å². The van der Waals surface area contributed by atoms with Crippen molar-refractivity contribution in [1.29, 1.82) is 0 Å². The molecule has 222 valence electrons. The number of carbonyl (C=O) groups excluding carboxylic acids is 1. The quantitative estimate of drug-likeness (QED) is 0.170. The van der Waals surface area contributed by atoms with Gasteiger partial charge >= 0.3 is 0 Å². The summed E-state index contributed by atoms with van der Waals surface area (Å²) in [7, 11) is 3.11. The van der Waals surface area contributed by atoms with E-state index >= 15 is 0 Å². The summed E-state index contributed by atoms with van der Waals surface area (Å²) in [6, 6.07) is -0.431. The van der Waals surface area contributed by atoms with Gasteiger partial charge < -0.3 is 40.4 Å². The van der Waals surface area contributed by atoms with E-state index in [0.29, 0.717) is 52.2 Å². The lowest BCUT2D eigenvalue weighted by Crippen LogP contribution is -2.47. The van der Waals surface area contributed by atoms with Gasteiger partial charge in [0, 0.05) is 47.0 Å². The van der Waals surface area contributed by atoms with E-state index in [1.807, 2.05) is 6.92 Å². The maximum absolute atomic E-state index is 14.4. The van der Waals surface area contributed by atoms with Gasteiger partial charge in [-0.15, -0.1) is 0 Å². The first-order chi connectivity index (χ1) is 19.7. The average molecular weight is 604 g/mol.